The van der Waals surface area contributed by atoms with Gasteiger partial charge in [-0.15, -0.1) is 11.6 Å². The Bertz CT molecular complexity index is 256. The van der Waals surface area contributed by atoms with Crippen molar-refractivity contribution in [2.45, 2.75) is 6.54 Å². The number of pyridine rings is 1. The van der Waals surface area contributed by atoms with E-state index in [-0.39, 0.29) is 0 Å². The van der Waals surface area contributed by atoms with Gasteiger partial charge in [0.1, 0.15) is 0 Å². The summed E-state index contributed by atoms with van der Waals surface area (Å²) in [7, 11) is 2.05. The van der Waals surface area contributed by atoms with Gasteiger partial charge in [0.2, 0.25) is 0 Å². The molecule has 0 N–H and O–H groups in total. The SMILES string of the molecule is CN(CCOCCCl)Cc1ccccn1. The summed E-state index contributed by atoms with van der Waals surface area (Å²) in [6, 6.07) is 5.95. The van der Waals surface area contributed by atoms with Crippen LogP contribution in [0.1, 0.15) is 5.69 Å². The molecule has 3 nitrogen and oxygen atoms in total. The van der Waals surface area contributed by atoms with Gasteiger partial charge in [-0.05, 0) is 19.2 Å². The Hall–Kier alpha value is -0.640. The molecular formula is C11H17ClN2O. The molecule has 0 fully saturated rings. The van der Waals surface area contributed by atoms with E-state index in [4.69, 9.17) is 16.3 Å². The fourth-order valence-corrected chi connectivity index (χ4v) is 1.33. The molecule has 0 radical (unpaired) electrons. The molecule has 1 rings (SSSR count). The first kappa shape index (κ1) is 12.4. The third-order valence-electron chi connectivity index (χ3n) is 2.00. The van der Waals surface area contributed by atoms with Gasteiger partial charge in [0.15, 0.2) is 0 Å². The zero-order valence-corrected chi connectivity index (χ0v) is 9.78. The fraction of sp³-hybridized carbons (Fsp3) is 0.545. The molecule has 0 aliphatic carbocycles. The Labute approximate surface area is 96.0 Å². The molecule has 0 saturated carbocycles. The van der Waals surface area contributed by atoms with Crippen LogP contribution in [-0.2, 0) is 11.3 Å². The number of halogens is 1. The Balaban J connectivity index is 2.16. The summed E-state index contributed by atoms with van der Waals surface area (Å²) in [4.78, 5) is 6.44. The molecule has 0 unspecified atom stereocenters. The fourth-order valence-electron chi connectivity index (χ4n) is 1.22. The molecule has 1 heterocycles. The van der Waals surface area contributed by atoms with Crippen molar-refractivity contribution in [3.8, 4) is 0 Å². The standard InChI is InChI=1S/C11H17ClN2O/c1-14(7-9-15-8-5-12)10-11-4-2-3-6-13-11/h2-4,6H,5,7-10H2,1H3. The number of likely N-dealkylation sites (N-methyl/N-ethyl adjacent to an activating group) is 1. The van der Waals surface area contributed by atoms with E-state index in [0.717, 1.165) is 25.4 Å². The summed E-state index contributed by atoms with van der Waals surface area (Å²) < 4.78 is 5.30. The highest BCUT2D eigenvalue weighted by molar-refractivity contribution is 6.17. The van der Waals surface area contributed by atoms with Crippen LogP contribution in [0.3, 0.4) is 0 Å². The Kier molecular flexibility index (Phi) is 6.32. The minimum atomic E-state index is 0.559. The molecule has 0 spiro atoms. The van der Waals surface area contributed by atoms with Crippen molar-refractivity contribution in [1.29, 1.82) is 0 Å². The molecule has 0 saturated heterocycles. The first-order chi connectivity index (χ1) is 7.33. The van der Waals surface area contributed by atoms with E-state index in [9.17, 15) is 0 Å². The van der Waals surface area contributed by atoms with E-state index in [2.05, 4.69) is 16.9 Å². The average Bonchev–Trinajstić information content (AvgIpc) is 2.26. The molecule has 0 amide bonds. The van der Waals surface area contributed by atoms with E-state index in [0.29, 0.717) is 12.5 Å². The Morgan fingerprint density at radius 2 is 2.27 bits per heavy atom. The van der Waals surface area contributed by atoms with Crippen LogP contribution in [0.4, 0.5) is 0 Å². The van der Waals surface area contributed by atoms with Crippen LogP contribution in [0, 0.1) is 0 Å². The number of ether oxygens (including phenoxy) is 1. The Morgan fingerprint density at radius 1 is 1.40 bits per heavy atom. The lowest BCUT2D eigenvalue weighted by atomic mass is 10.3. The number of nitrogens with zero attached hydrogens (tertiary/aromatic N) is 2. The molecule has 84 valence electrons. The predicted molar refractivity (Wildman–Crippen MR) is 62.1 cm³/mol. The van der Waals surface area contributed by atoms with Crippen LogP contribution in [0.15, 0.2) is 24.4 Å². The van der Waals surface area contributed by atoms with Gasteiger partial charge < -0.3 is 4.74 Å². The zero-order chi connectivity index (χ0) is 10.9. The monoisotopic (exact) mass is 228 g/mol. The molecule has 0 bridgehead atoms. The molecule has 4 heteroatoms. The van der Waals surface area contributed by atoms with E-state index in [1.807, 2.05) is 24.4 Å². The summed E-state index contributed by atoms with van der Waals surface area (Å²) in [5.41, 5.74) is 1.08. The molecule has 0 aromatic carbocycles. The predicted octanol–water partition coefficient (Wildman–Crippen LogP) is 1.77. The molecule has 15 heavy (non-hydrogen) atoms. The third kappa shape index (κ3) is 5.72. The lowest BCUT2D eigenvalue weighted by Crippen LogP contribution is -2.23. The quantitative estimate of drug-likeness (QED) is 0.526. The van der Waals surface area contributed by atoms with Crippen LogP contribution >= 0.6 is 11.6 Å². The third-order valence-corrected chi connectivity index (χ3v) is 2.15. The average molecular weight is 229 g/mol. The number of aromatic nitrogens is 1. The molecule has 1 aromatic heterocycles. The first-order valence-corrected chi connectivity index (χ1v) is 5.58. The molecule has 0 aliphatic rings. The van der Waals surface area contributed by atoms with Crippen molar-refractivity contribution in [3.63, 3.8) is 0 Å². The van der Waals surface area contributed by atoms with Gasteiger partial charge in [-0.2, -0.15) is 0 Å². The van der Waals surface area contributed by atoms with E-state index < -0.39 is 0 Å². The highest BCUT2D eigenvalue weighted by Gasteiger charge is 2.00. The second kappa shape index (κ2) is 7.63. The van der Waals surface area contributed by atoms with Crippen molar-refractivity contribution in [3.05, 3.63) is 30.1 Å². The molecule has 0 atom stereocenters. The van der Waals surface area contributed by atoms with E-state index in [1.165, 1.54) is 0 Å². The summed E-state index contributed by atoms with van der Waals surface area (Å²) in [6.45, 7) is 3.09. The van der Waals surface area contributed by atoms with Crippen LogP contribution in [0.25, 0.3) is 0 Å². The van der Waals surface area contributed by atoms with Gasteiger partial charge >= 0.3 is 0 Å². The van der Waals surface area contributed by atoms with Gasteiger partial charge in [-0.3, -0.25) is 9.88 Å². The minimum Gasteiger partial charge on any atom is -0.379 e. The highest BCUT2D eigenvalue weighted by atomic mass is 35.5. The summed E-state index contributed by atoms with van der Waals surface area (Å²) in [5, 5.41) is 0. The van der Waals surface area contributed by atoms with Gasteiger partial charge in [0.05, 0.1) is 18.9 Å². The number of alkyl halides is 1. The number of rotatable bonds is 7. The highest BCUT2D eigenvalue weighted by Crippen LogP contribution is 1.98. The van der Waals surface area contributed by atoms with Crippen molar-refractivity contribution in [2.24, 2.45) is 0 Å². The maximum atomic E-state index is 5.50. The van der Waals surface area contributed by atoms with Gasteiger partial charge in [-0.1, -0.05) is 6.07 Å². The topological polar surface area (TPSA) is 25.4 Å². The van der Waals surface area contributed by atoms with E-state index in [1.54, 1.807) is 0 Å². The van der Waals surface area contributed by atoms with Crippen LogP contribution in [0.2, 0.25) is 0 Å². The van der Waals surface area contributed by atoms with Crippen LogP contribution in [0.5, 0.6) is 0 Å². The van der Waals surface area contributed by atoms with Crippen LogP contribution < -0.4 is 0 Å². The molecule has 0 aliphatic heterocycles. The second-order valence-corrected chi connectivity index (χ2v) is 3.74. The summed E-state index contributed by atoms with van der Waals surface area (Å²) in [6.07, 6.45) is 1.81. The van der Waals surface area contributed by atoms with Gasteiger partial charge in [0.25, 0.3) is 0 Å². The summed E-state index contributed by atoms with van der Waals surface area (Å²) in [5.74, 6) is 0.559. The molecular weight excluding hydrogens is 212 g/mol. The normalized spacial score (nSPS) is 10.9. The van der Waals surface area contributed by atoms with Gasteiger partial charge in [-0.25, -0.2) is 0 Å². The van der Waals surface area contributed by atoms with E-state index >= 15 is 0 Å². The lowest BCUT2D eigenvalue weighted by Gasteiger charge is -2.15. The maximum Gasteiger partial charge on any atom is 0.0602 e. The number of hydrogen-bond donors (Lipinski definition) is 0. The van der Waals surface area contributed by atoms with Crippen molar-refractivity contribution >= 4 is 11.6 Å². The van der Waals surface area contributed by atoms with Crippen molar-refractivity contribution in [2.75, 3.05) is 32.7 Å². The maximum absolute atomic E-state index is 5.50. The second-order valence-electron chi connectivity index (χ2n) is 3.36. The van der Waals surface area contributed by atoms with Crippen molar-refractivity contribution < 1.29 is 4.74 Å². The van der Waals surface area contributed by atoms with Crippen molar-refractivity contribution in [1.82, 2.24) is 9.88 Å². The Morgan fingerprint density at radius 3 is 2.93 bits per heavy atom. The zero-order valence-electron chi connectivity index (χ0n) is 9.03. The smallest absolute Gasteiger partial charge is 0.0602 e. The van der Waals surface area contributed by atoms with Gasteiger partial charge in [0, 0.05) is 25.2 Å². The lowest BCUT2D eigenvalue weighted by molar-refractivity contribution is 0.121. The minimum absolute atomic E-state index is 0.559. The first-order valence-electron chi connectivity index (χ1n) is 5.05. The summed E-state index contributed by atoms with van der Waals surface area (Å²) >= 11 is 5.50. The number of hydrogen-bond acceptors (Lipinski definition) is 3. The molecule has 1 aromatic rings. The van der Waals surface area contributed by atoms with Crippen LogP contribution in [-0.4, -0.2) is 42.6 Å². The largest absolute Gasteiger partial charge is 0.379 e.